The van der Waals surface area contributed by atoms with Gasteiger partial charge in [-0.3, -0.25) is 4.98 Å². The van der Waals surface area contributed by atoms with Gasteiger partial charge >= 0.3 is 0 Å². The van der Waals surface area contributed by atoms with Crippen molar-refractivity contribution in [2.75, 3.05) is 0 Å². The van der Waals surface area contributed by atoms with Gasteiger partial charge in [0.05, 0.1) is 5.69 Å². The topological polar surface area (TPSA) is 25.8 Å². The Morgan fingerprint density at radius 3 is 2.20 bits per heavy atom. The summed E-state index contributed by atoms with van der Waals surface area (Å²) in [4.78, 5) is 8.76. The molecule has 0 amide bonds. The zero-order valence-corrected chi connectivity index (χ0v) is 19.0. The van der Waals surface area contributed by atoms with Crippen LogP contribution in [0, 0.1) is 13.0 Å². The van der Waals surface area contributed by atoms with Crippen molar-refractivity contribution in [1.82, 2.24) is 9.97 Å². The zero-order valence-electron chi connectivity index (χ0n) is 16.6. The van der Waals surface area contributed by atoms with E-state index in [1.54, 1.807) is 0 Å². The van der Waals surface area contributed by atoms with Gasteiger partial charge in [-0.15, -0.1) is 35.9 Å². The summed E-state index contributed by atoms with van der Waals surface area (Å²) in [6.45, 7) is 2.10. The summed E-state index contributed by atoms with van der Waals surface area (Å²) in [7, 11) is 0. The number of pyridine rings is 2. The van der Waals surface area contributed by atoms with Crippen molar-refractivity contribution in [3.8, 4) is 22.5 Å². The number of hydrogen-bond donors (Lipinski definition) is 0. The first-order chi connectivity index (χ1) is 14.3. The fraction of sp³-hybridized carbons (Fsp3) is 0.0370. The number of aromatic nitrogens is 2. The van der Waals surface area contributed by atoms with Crippen LogP contribution in [0.2, 0.25) is 0 Å². The van der Waals surface area contributed by atoms with E-state index in [1.807, 2.05) is 85.2 Å². The molecule has 3 aromatic carbocycles. The molecule has 0 spiro atoms. The summed E-state index contributed by atoms with van der Waals surface area (Å²) in [5.74, 6) is 0. The van der Waals surface area contributed by atoms with Crippen LogP contribution in [0.25, 0.3) is 33.3 Å². The summed E-state index contributed by atoms with van der Waals surface area (Å²) in [5.41, 5.74) is 5.56. The van der Waals surface area contributed by atoms with Crippen molar-refractivity contribution in [1.29, 1.82) is 0 Å². The molecule has 0 saturated heterocycles. The Bertz CT molecular complexity index is 1200. The molecule has 0 saturated carbocycles. The molecule has 2 heterocycles. The number of fused-ring (bicyclic) bond motifs is 1. The Hall–Kier alpha value is -3.13. The van der Waals surface area contributed by atoms with Crippen molar-refractivity contribution >= 4 is 10.8 Å². The fourth-order valence-electron chi connectivity index (χ4n) is 3.26. The van der Waals surface area contributed by atoms with E-state index in [-0.39, 0.29) is 20.1 Å². The number of nitrogens with zero attached hydrogens (tertiary/aromatic N) is 2. The van der Waals surface area contributed by atoms with Gasteiger partial charge in [-0.1, -0.05) is 54.6 Å². The van der Waals surface area contributed by atoms with E-state index < -0.39 is 0 Å². The first kappa shape index (κ1) is 21.6. The van der Waals surface area contributed by atoms with Gasteiger partial charge in [-0.25, -0.2) is 0 Å². The summed E-state index contributed by atoms with van der Waals surface area (Å²) in [6.07, 6.45) is 3.67. The van der Waals surface area contributed by atoms with Gasteiger partial charge in [0.2, 0.25) is 0 Å². The summed E-state index contributed by atoms with van der Waals surface area (Å²) in [5, 5.41) is 2.39. The SMILES string of the molecule is Cc1ccccc1-c1ccccn1.[Ir].[c-]1ccccc1-c1nccc2ccccc12. The van der Waals surface area contributed by atoms with Gasteiger partial charge in [0.25, 0.3) is 0 Å². The molecular weight excluding hydrogens is 545 g/mol. The second-order valence-electron chi connectivity index (χ2n) is 6.69. The monoisotopic (exact) mass is 566 g/mol. The van der Waals surface area contributed by atoms with Crippen molar-refractivity contribution in [2.24, 2.45) is 0 Å². The fourth-order valence-corrected chi connectivity index (χ4v) is 3.26. The summed E-state index contributed by atoms with van der Waals surface area (Å²) in [6, 6.07) is 35.7. The predicted molar refractivity (Wildman–Crippen MR) is 120 cm³/mol. The van der Waals surface area contributed by atoms with Crippen LogP contribution in [0.15, 0.2) is 109 Å². The minimum absolute atomic E-state index is 0. The Labute approximate surface area is 191 Å². The molecule has 5 aromatic rings. The Morgan fingerprint density at radius 1 is 0.667 bits per heavy atom. The number of hydrogen-bond acceptors (Lipinski definition) is 2. The molecule has 0 fully saturated rings. The first-order valence-electron chi connectivity index (χ1n) is 9.61. The third kappa shape index (κ3) is 5.07. The molecule has 5 rings (SSSR count). The van der Waals surface area contributed by atoms with Crippen molar-refractivity contribution in [3.63, 3.8) is 0 Å². The van der Waals surface area contributed by atoms with Crippen LogP contribution >= 0.6 is 0 Å². The minimum atomic E-state index is 0. The molecule has 0 N–H and O–H groups in total. The predicted octanol–water partition coefficient (Wildman–Crippen LogP) is 6.76. The van der Waals surface area contributed by atoms with E-state index in [0.717, 1.165) is 17.0 Å². The quantitative estimate of drug-likeness (QED) is 0.221. The minimum Gasteiger partial charge on any atom is -0.304 e. The normalized spacial score (nSPS) is 9.90. The molecule has 0 atom stereocenters. The molecule has 2 aromatic heterocycles. The van der Waals surface area contributed by atoms with Crippen LogP contribution in [0.3, 0.4) is 0 Å². The second-order valence-corrected chi connectivity index (χ2v) is 6.69. The van der Waals surface area contributed by atoms with Crippen LogP contribution in [-0.4, -0.2) is 9.97 Å². The number of rotatable bonds is 2. The average Bonchev–Trinajstić information content (AvgIpc) is 2.81. The van der Waals surface area contributed by atoms with Gasteiger partial charge in [0.15, 0.2) is 0 Å². The van der Waals surface area contributed by atoms with E-state index in [9.17, 15) is 0 Å². The Balaban J connectivity index is 0.000000169. The van der Waals surface area contributed by atoms with Crippen LogP contribution < -0.4 is 0 Å². The van der Waals surface area contributed by atoms with Gasteiger partial charge in [-0.05, 0) is 47.2 Å². The van der Waals surface area contributed by atoms with E-state index in [1.165, 1.54) is 21.9 Å². The standard InChI is InChI=1S/C15H10N.C12H11N.Ir/c1-2-7-13(8-3-1)15-14-9-5-4-6-12(14)10-11-16-15;1-10-6-2-3-7-11(10)12-8-4-5-9-13-12;/h1-7,9-11H;2-9H,1H3;/q-1;;. The maximum atomic E-state index is 4.45. The van der Waals surface area contributed by atoms with Crippen molar-refractivity contribution < 1.29 is 20.1 Å². The summed E-state index contributed by atoms with van der Waals surface area (Å²) >= 11 is 0. The Kier molecular flexibility index (Phi) is 7.62. The second kappa shape index (κ2) is 10.6. The molecule has 0 aliphatic heterocycles. The molecule has 149 valence electrons. The largest absolute Gasteiger partial charge is 0.304 e. The maximum absolute atomic E-state index is 4.45. The van der Waals surface area contributed by atoms with Crippen molar-refractivity contribution in [3.05, 3.63) is 121 Å². The Morgan fingerprint density at radius 2 is 1.43 bits per heavy atom. The molecule has 0 aliphatic rings. The molecular formula is C27H21IrN2-. The van der Waals surface area contributed by atoms with E-state index >= 15 is 0 Å². The number of benzene rings is 3. The van der Waals surface area contributed by atoms with Crippen molar-refractivity contribution in [2.45, 2.75) is 6.92 Å². The smallest absolute Gasteiger partial charge is 0.0704 e. The first-order valence-corrected chi connectivity index (χ1v) is 9.61. The summed E-state index contributed by atoms with van der Waals surface area (Å²) < 4.78 is 0. The molecule has 30 heavy (non-hydrogen) atoms. The van der Waals surface area contributed by atoms with Crippen LogP contribution in [0.5, 0.6) is 0 Å². The van der Waals surface area contributed by atoms with E-state index in [2.05, 4.69) is 47.2 Å². The van der Waals surface area contributed by atoms with Crippen LogP contribution in [-0.2, 0) is 20.1 Å². The van der Waals surface area contributed by atoms with Gasteiger partial charge in [0.1, 0.15) is 0 Å². The van der Waals surface area contributed by atoms with Gasteiger partial charge in [0, 0.05) is 38.1 Å². The van der Waals surface area contributed by atoms with E-state index in [0.29, 0.717) is 0 Å². The average molecular weight is 566 g/mol. The van der Waals surface area contributed by atoms with Gasteiger partial charge in [-0.2, -0.15) is 0 Å². The molecule has 3 heteroatoms. The molecule has 0 aliphatic carbocycles. The van der Waals surface area contributed by atoms with Crippen LogP contribution in [0.1, 0.15) is 5.56 Å². The third-order valence-electron chi connectivity index (χ3n) is 4.72. The zero-order chi connectivity index (χ0) is 19.9. The van der Waals surface area contributed by atoms with E-state index in [4.69, 9.17) is 0 Å². The molecule has 2 nitrogen and oxygen atoms in total. The van der Waals surface area contributed by atoms with Gasteiger partial charge < -0.3 is 4.98 Å². The third-order valence-corrected chi connectivity index (χ3v) is 4.72. The van der Waals surface area contributed by atoms with Crippen LogP contribution in [0.4, 0.5) is 0 Å². The maximum Gasteiger partial charge on any atom is 0.0704 e. The molecule has 0 unspecified atom stereocenters. The number of aryl methyl sites for hydroxylation is 1. The molecule has 0 bridgehead atoms. The molecule has 1 radical (unpaired) electrons.